The van der Waals surface area contributed by atoms with E-state index in [0.717, 1.165) is 31.7 Å². The van der Waals surface area contributed by atoms with Crippen LogP contribution in [0.25, 0.3) is 0 Å². The topological polar surface area (TPSA) is 55.8 Å². The van der Waals surface area contributed by atoms with Crippen LogP contribution in [0.1, 0.15) is 18.5 Å². The zero-order valence-corrected chi connectivity index (χ0v) is 13.7. The predicted molar refractivity (Wildman–Crippen MR) is 88.0 cm³/mol. The molecule has 2 N–H and O–H groups in total. The van der Waals surface area contributed by atoms with Crippen LogP contribution in [-0.2, 0) is 4.79 Å². The van der Waals surface area contributed by atoms with Crippen molar-refractivity contribution in [3.8, 4) is 0 Å². The Morgan fingerprint density at radius 1 is 1.27 bits per heavy atom. The highest BCUT2D eigenvalue weighted by atomic mass is 35.5. The normalized spacial score (nSPS) is 18.1. The molecule has 1 aromatic rings. The number of carbonyl (C=O) groups is 1. The van der Waals surface area contributed by atoms with Crippen molar-refractivity contribution < 1.29 is 9.90 Å². The summed E-state index contributed by atoms with van der Waals surface area (Å²) in [5.41, 5.74) is 0.935. The van der Waals surface area contributed by atoms with Gasteiger partial charge in [0.2, 0.25) is 5.91 Å². The van der Waals surface area contributed by atoms with Gasteiger partial charge in [0.05, 0.1) is 19.2 Å². The van der Waals surface area contributed by atoms with Crippen LogP contribution >= 0.6 is 11.6 Å². The lowest BCUT2D eigenvalue weighted by molar-refractivity contribution is -0.123. The summed E-state index contributed by atoms with van der Waals surface area (Å²) >= 11 is 6.15. The summed E-state index contributed by atoms with van der Waals surface area (Å²) in [7, 11) is 0. The predicted octanol–water partition coefficient (Wildman–Crippen LogP) is 1.13. The number of piperazine rings is 1. The monoisotopic (exact) mass is 325 g/mol. The van der Waals surface area contributed by atoms with Gasteiger partial charge in [-0.2, -0.15) is 0 Å². The van der Waals surface area contributed by atoms with Crippen LogP contribution in [0.15, 0.2) is 24.3 Å². The van der Waals surface area contributed by atoms with Crippen molar-refractivity contribution >= 4 is 17.5 Å². The molecule has 6 heteroatoms. The second-order valence-electron chi connectivity index (χ2n) is 5.65. The molecule has 1 aliphatic heterocycles. The largest absolute Gasteiger partial charge is 0.395 e. The highest BCUT2D eigenvalue weighted by molar-refractivity contribution is 6.31. The average Bonchev–Trinajstić information content (AvgIpc) is 2.50. The molecule has 0 aromatic heterocycles. The van der Waals surface area contributed by atoms with Crippen LogP contribution in [0.5, 0.6) is 0 Å². The number of halogens is 1. The number of hydrogen-bond acceptors (Lipinski definition) is 4. The molecular formula is C16H24ClN3O2. The SMILES string of the molecule is CC(NC(=O)CN1CCN(CCO)CC1)c1ccccc1Cl. The Kier molecular flexibility index (Phi) is 6.64. The first-order valence-corrected chi connectivity index (χ1v) is 8.07. The van der Waals surface area contributed by atoms with E-state index >= 15 is 0 Å². The molecule has 1 unspecified atom stereocenters. The molecule has 5 nitrogen and oxygen atoms in total. The standard InChI is InChI=1S/C16H24ClN3O2/c1-13(14-4-2-3-5-15(14)17)18-16(22)12-20-8-6-19(7-9-20)10-11-21/h2-5,13,21H,6-12H2,1H3,(H,18,22). The van der Waals surface area contributed by atoms with Crippen LogP contribution in [-0.4, -0.2) is 66.7 Å². The number of nitrogens with zero attached hydrogens (tertiary/aromatic N) is 2. The van der Waals surface area contributed by atoms with Gasteiger partial charge in [-0.1, -0.05) is 29.8 Å². The van der Waals surface area contributed by atoms with E-state index in [4.69, 9.17) is 16.7 Å². The highest BCUT2D eigenvalue weighted by Gasteiger charge is 2.19. The number of hydrogen-bond donors (Lipinski definition) is 2. The molecular weight excluding hydrogens is 302 g/mol. The maximum Gasteiger partial charge on any atom is 0.234 e. The fourth-order valence-corrected chi connectivity index (χ4v) is 3.01. The molecule has 1 saturated heterocycles. The van der Waals surface area contributed by atoms with Crippen LogP contribution < -0.4 is 5.32 Å². The van der Waals surface area contributed by atoms with Gasteiger partial charge in [0.1, 0.15) is 0 Å². The Morgan fingerprint density at radius 3 is 2.55 bits per heavy atom. The number of aliphatic hydroxyl groups is 1. The molecule has 122 valence electrons. The number of nitrogens with one attached hydrogen (secondary N) is 1. The van der Waals surface area contributed by atoms with Crippen molar-refractivity contribution in [2.24, 2.45) is 0 Å². The Morgan fingerprint density at radius 2 is 1.91 bits per heavy atom. The molecule has 0 spiro atoms. The van der Waals surface area contributed by atoms with Gasteiger partial charge in [0.15, 0.2) is 0 Å². The van der Waals surface area contributed by atoms with Gasteiger partial charge >= 0.3 is 0 Å². The van der Waals surface area contributed by atoms with Gasteiger partial charge in [-0.15, -0.1) is 0 Å². The zero-order valence-electron chi connectivity index (χ0n) is 13.0. The summed E-state index contributed by atoms with van der Waals surface area (Å²) in [6.07, 6.45) is 0. The zero-order chi connectivity index (χ0) is 15.9. The van der Waals surface area contributed by atoms with E-state index in [0.29, 0.717) is 18.1 Å². The summed E-state index contributed by atoms with van der Waals surface area (Å²) < 4.78 is 0. The molecule has 1 amide bonds. The summed E-state index contributed by atoms with van der Waals surface area (Å²) in [5, 5.41) is 12.6. The minimum atomic E-state index is -0.100. The molecule has 1 fully saturated rings. The minimum Gasteiger partial charge on any atom is -0.395 e. The van der Waals surface area contributed by atoms with E-state index in [1.165, 1.54) is 0 Å². The second-order valence-corrected chi connectivity index (χ2v) is 6.06. The number of β-amino-alcohol motifs (C(OH)–C–C–N with tert-alkyl or cyclic N) is 1. The lowest BCUT2D eigenvalue weighted by Crippen LogP contribution is -2.50. The third-order valence-electron chi connectivity index (χ3n) is 4.00. The number of aliphatic hydroxyl groups excluding tert-OH is 1. The maximum absolute atomic E-state index is 12.2. The van der Waals surface area contributed by atoms with Crippen molar-refractivity contribution in [3.63, 3.8) is 0 Å². The van der Waals surface area contributed by atoms with Gasteiger partial charge < -0.3 is 10.4 Å². The van der Waals surface area contributed by atoms with Crippen LogP contribution in [0.2, 0.25) is 5.02 Å². The lowest BCUT2D eigenvalue weighted by atomic mass is 10.1. The first-order valence-electron chi connectivity index (χ1n) is 7.69. The first-order chi connectivity index (χ1) is 10.6. The quantitative estimate of drug-likeness (QED) is 0.823. The summed E-state index contributed by atoms with van der Waals surface area (Å²) in [4.78, 5) is 16.5. The van der Waals surface area contributed by atoms with E-state index in [1.807, 2.05) is 31.2 Å². The summed E-state index contributed by atoms with van der Waals surface area (Å²) in [5.74, 6) is 0.0167. The van der Waals surface area contributed by atoms with Gasteiger partial charge in [0.25, 0.3) is 0 Å². The third-order valence-corrected chi connectivity index (χ3v) is 4.34. The van der Waals surface area contributed by atoms with E-state index in [1.54, 1.807) is 0 Å². The Hall–Kier alpha value is -1.14. The third kappa shape index (κ3) is 4.95. The van der Waals surface area contributed by atoms with Crippen LogP contribution in [0, 0.1) is 0 Å². The summed E-state index contributed by atoms with van der Waals surface area (Å²) in [6, 6.07) is 7.47. The fourth-order valence-electron chi connectivity index (χ4n) is 2.71. The van der Waals surface area contributed by atoms with E-state index in [2.05, 4.69) is 15.1 Å². The number of benzene rings is 1. The van der Waals surface area contributed by atoms with Crippen LogP contribution in [0.4, 0.5) is 0 Å². The van der Waals surface area contributed by atoms with E-state index < -0.39 is 0 Å². The maximum atomic E-state index is 12.2. The van der Waals surface area contributed by atoms with Gasteiger partial charge in [-0.3, -0.25) is 14.6 Å². The summed E-state index contributed by atoms with van der Waals surface area (Å²) in [6.45, 7) is 6.75. The van der Waals surface area contributed by atoms with Gasteiger partial charge in [-0.25, -0.2) is 0 Å². The molecule has 1 aliphatic rings. The van der Waals surface area contributed by atoms with Crippen molar-refractivity contribution in [1.82, 2.24) is 15.1 Å². The minimum absolute atomic E-state index is 0.0167. The number of rotatable bonds is 6. The Bertz CT molecular complexity index is 490. The molecule has 1 atom stereocenters. The Labute approximate surface area is 136 Å². The van der Waals surface area contributed by atoms with E-state index in [-0.39, 0.29) is 18.6 Å². The number of amides is 1. The fraction of sp³-hybridized carbons (Fsp3) is 0.562. The van der Waals surface area contributed by atoms with Crippen molar-refractivity contribution in [2.75, 3.05) is 45.9 Å². The smallest absolute Gasteiger partial charge is 0.234 e. The molecule has 0 saturated carbocycles. The lowest BCUT2D eigenvalue weighted by Gasteiger charge is -2.34. The van der Waals surface area contributed by atoms with Gasteiger partial charge in [-0.05, 0) is 18.6 Å². The van der Waals surface area contributed by atoms with E-state index in [9.17, 15) is 4.79 Å². The van der Waals surface area contributed by atoms with Crippen molar-refractivity contribution in [1.29, 1.82) is 0 Å². The second kappa shape index (κ2) is 8.48. The van der Waals surface area contributed by atoms with Crippen LogP contribution in [0.3, 0.4) is 0 Å². The molecule has 22 heavy (non-hydrogen) atoms. The molecule has 1 heterocycles. The molecule has 2 rings (SSSR count). The highest BCUT2D eigenvalue weighted by Crippen LogP contribution is 2.21. The average molecular weight is 326 g/mol. The molecule has 0 bridgehead atoms. The van der Waals surface area contributed by atoms with Gasteiger partial charge in [0, 0.05) is 37.7 Å². The first kappa shape index (κ1) is 17.2. The number of carbonyl (C=O) groups excluding carboxylic acids is 1. The molecule has 0 radical (unpaired) electrons. The molecule has 0 aliphatic carbocycles. The van der Waals surface area contributed by atoms with Crippen molar-refractivity contribution in [2.45, 2.75) is 13.0 Å². The van der Waals surface area contributed by atoms with Crippen molar-refractivity contribution in [3.05, 3.63) is 34.9 Å². The Balaban J connectivity index is 1.78. The molecule has 1 aromatic carbocycles.